The van der Waals surface area contributed by atoms with Gasteiger partial charge in [-0.05, 0) is 33.6 Å². The lowest BCUT2D eigenvalue weighted by molar-refractivity contribution is -0.390. The van der Waals surface area contributed by atoms with E-state index < -0.39 is 46.1 Å². The predicted molar refractivity (Wildman–Crippen MR) is 87.3 cm³/mol. The van der Waals surface area contributed by atoms with Gasteiger partial charge in [-0.2, -0.15) is 27.1 Å². The van der Waals surface area contributed by atoms with Gasteiger partial charge < -0.3 is 9.64 Å². The maximum absolute atomic E-state index is 13.6. The lowest BCUT2D eigenvalue weighted by atomic mass is 9.61. The monoisotopic (exact) mass is 426 g/mol. The lowest BCUT2D eigenvalue weighted by Gasteiger charge is -2.58. The Kier molecular flexibility index (Phi) is 4.59. The van der Waals surface area contributed by atoms with Crippen LogP contribution >= 0.6 is 0 Å². The Morgan fingerprint density at radius 2 is 1.79 bits per heavy atom. The van der Waals surface area contributed by atoms with Crippen LogP contribution in [0.4, 0.5) is 32.4 Å². The molecule has 1 aliphatic heterocycles. The highest BCUT2D eigenvalue weighted by molar-refractivity contribution is 5.69. The van der Waals surface area contributed by atoms with E-state index in [-0.39, 0.29) is 5.41 Å². The number of aromatic nitrogens is 2. The van der Waals surface area contributed by atoms with Crippen LogP contribution in [0.3, 0.4) is 0 Å². The molecule has 3 rings (SSSR count). The number of hydrogen-bond donors (Lipinski definition) is 0. The Morgan fingerprint density at radius 3 is 2.24 bits per heavy atom. The molecule has 0 aromatic carbocycles. The van der Waals surface area contributed by atoms with E-state index in [0.29, 0.717) is 32.1 Å². The minimum absolute atomic E-state index is 0.311. The summed E-state index contributed by atoms with van der Waals surface area (Å²) in [6, 6.07) is -0.563. The normalized spacial score (nSPS) is 19.7. The Morgan fingerprint density at radius 1 is 1.24 bits per heavy atom. The van der Waals surface area contributed by atoms with E-state index >= 15 is 0 Å². The molecular weight excluding hydrogens is 407 g/mol. The average molecular weight is 426 g/mol. The van der Waals surface area contributed by atoms with Gasteiger partial charge in [0.25, 0.3) is 0 Å². The third-order valence-electron chi connectivity index (χ3n) is 4.98. The molecule has 1 amide bonds. The zero-order valence-corrected chi connectivity index (χ0v) is 15.8. The van der Waals surface area contributed by atoms with Gasteiger partial charge in [-0.25, -0.2) is 4.79 Å². The highest BCUT2D eigenvalue weighted by Crippen LogP contribution is 2.55. The molecule has 0 unspecified atom stereocenters. The fourth-order valence-electron chi connectivity index (χ4n) is 3.66. The first-order chi connectivity index (χ1) is 13.0. The van der Waals surface area contributed by atoms with Gasteiger partial charge >= 0.3 is 23.9 Å². The predicted octanol–water partition coefficient (Wildman–Crippen LogP) is 4.02. The molecule has 0 radical (unpaired) electrons. The molecule has 1 saturated heterocycles. The number of nitro groups is 1. The number of alkyl halides is 5. The van der Waals surface area contributed by atoms with E-state index in [2.05, 4.69) is 5.10 Å². The van der Waals surface area contributed by atoms with Gasteiger partial charge in [-0.15, -0.1) is 0 Å². The Hall–Kier alpha value is -2.47. The molecule has 8 nitrogen and oxygen atoms in total. The van der Waals surface area contributed by atoms with Gasteiger partial charge in [0.1, 0.15) is 11.8 Å². The zero-order chi connectivity index (χ0) is 22.0. The minimum Gasteiger partial charge on any atom is -0.444 e. The van der Waals surface area contributed by atoms with Crippen LogP contribution in [-0.2, 0) is 10.7 Å². The SMILES string of the molecule is CC(C)(C)OC(=O)N1CC2(CC(n3cc([N+](=O)[O-])c(C(F)(F)C(F)(F)F)n3)C2)C1. The molecule has 1 aromatic heterocycles. The number of amides is 1. The van der Waals surface area contributed by atoms with E-state index in [0.717, 1.165) is 4.68 Å². The number of carbonyl (C=O) groups is 1. The summed E-state index contributed by atoms with van der Waals surface area (Å²) in [5, 5.41) is 14.2. The Balaban J connectivity index is 1.69. The topological polar surface area (TPSA) is 90.5 Å². The number of ether oxygens (including phenoxy) is 1. The quantitative estimate of drug-likeness (QED) is 0.414. The third-order valence-corrected chi connectivity index (χ3v) is 4.98. The molecule has 2 fully saturated rings. The van der Waals surface area contributed by atoms with E-state index in [1.807, 2.05) is 0 Å². The van der Waals surface area contributed by atoms with E-state index in [4.69, 9.17) is 4.74 Å². The molecular formula is C16H19F5N4O4. The maximum Gasteiger partial charge on any atom is 0.460 e. The average Bonchev–Trinajstić information content (AvgIpc) is 2.86. The van der Waals surface area contributed by atoms with Crippen molar-refractivity contribution in [1.29, 1.82) is 0 Å². The summed E-state index contributed by atoms with van der Waals surface area (Å²) in [4.78, 5) is 23.1. The highest BCUT2D eigenvalue weighted by atomic mass is 19.4. The second-order valence-electron chi connectivity index (χ2n) is 8.57. The first kappa shape index (κ1) is 21.2. The van der Waals surface area contributed by atoms with Crippen LogP contribution in [0, 0.1) is 15.5 Å². The first-order valence-electron chi connectivity index (χ1n) is 8.71. The number of rotatable bonds is 3. The second-order valence-corrected chi connectivity index (χ2v) is 8.57. The number of halogens is 5. The number of carbonyl (C=O) groups excluding carboxylic acids is 1. The van der Waals surface area contributed by atoms with Crippen molar-refractivity contribution >= 4 is 11.8 Å². The van der Waals surface area contributed by atoms with Gasteiger partial charge in [0.15, 0.2) is 0 Å². The van der Waals surface area contributed by atoms with Crippen LogP contribution in [0.15, 0.2) is 6.20 Å². The fraction of sp³-hybridized carbons (Fsp3) is 0.750. The summed E-state index contributed by atoms with van der Waals surface area (Å²) in [6.45, 7) is 5.87. The van der Waals surface area contributed by atoms with Crippen LogP contribution in [-0.4, -0.2) is 50.6 Å². The minimum atomic E-state index is -6.00. The Bertz CT molecular complexity index is 831. The van der Waals surface area contributed by atoms with E-state index in [1.165, 1.54) is 4.90 Å². The number of nitrogens with zero attached hydrogens (tertiary/aromatic N) is 4. The molecule has 2 aliphatic rings. The molecule has 0 N–H and O–H groups in total. The summed E-state index contributed by atoms with van der Waals surface area (Å²) in [5.74, 6) is -5.44. The summed E-state index contributed by atoms with van der Waals surface area (Å²) in [7, 11) is 0. The number of likely N-dealkylation sites (tertiary alicyclic amines) is 1. The smallest absolute Gasteiger partial charge is 0.444 e. The van der Waals surface area contributed by atoms with Crippen molar-refractivity contribution < 1.29 is 36.4 Å². The van der Waals surface area contributed by atoms with Gasteiger partial charge in [-0.3, -0.25) is 14.8 Å². The second kappa shape index (κ2) is 6.26. The summed E-state index contributed by atoms with van der Waals surface area (Å²) < 4.78 is 71.1. The van der Waals surface area contributed by atoms with Crippen molar-refractivity contribution in [3.8, 4) is 0 Å². The van der Waals surface area contributed by atoms with Crippen molar-refractivity contribution in [2.24, 2.45) is 5.41 Å². The first-order valence-corrected chi connectivity index (χ1v) is 8.71. The van der Waals surface area contributed by atoms with Gasteiger partial charge in [0, 0.05) is 18.5 Å². The molecule has 0 atom stereocenters. The summed E-state index contributed by atoms with van der Waals surface area (Å²) >= 11 is 0. The van der Waals surface area contributed by atoms with Gasteiger partial charge in [0.05, 0.1) is 11.0 Å². The Labute approximate surface area is 161 Å². The summed E-state index contributed by atoms with van der Waals surface area (Å²) in [5.41, 5.74) is -4.26. The molecule has 1 saturated carbocycles. The summed E-state index contributed by atoms with van der Waals surface area (Å²) in [6.07, 6.45) is -5.19. The molecule has 1 aromatic rings. The van der Waals surface area contributed by atoms with Crippen molar-refractivity contribution in [1.82, 2.24) is 14.7 Å². The lowest BCUT2D eigenvalue weighted by Crippen LogP contribution is -2.64. The molecule has 2 heterocycles. The molecule has 29 heavy (non-hydrogen) atoms. The fourth-order valence-corrected chi connectivity index (χ4v) is 3.66. The molecule has 13 heteroatoms. The van der Waals surface area contributed by atoms with Crippen molar-refractivity contribution in [2.75, 3.05) is 13.1 Å². The van der Waals surface area contributed by atoms with Crippen molar-refractivity contribution in [2.45, 2.75) is 57.4 Å². The van der Waals surface area contributed by atoms with Gasteiger partial charge in [-0.1, -0.05) is 0 Å². The third kappa shape index (κ3) is 3.73. The van der Waals surface area contributed by atoms with Crippen LogP contribution < -0.4 is 0 Å². The molecule has 0 bridgehead atoms. The zero-order valence-electron chi connectivity index (χ0n) is 15.8. The van der Waals surface area contributed by atoms with E-state index in [9.17, 15) is 36.9 Å². The highest BCUT2D eigenvalue weighted by Gasteiger charge is 2.64. The van der Waals surface area contributed by atoms with E-state index in [1.54, 1.807) is 20.8 Å². The van der Waals surface area contributed by atoms with Crippen molar-refractivity contribution in [3.63, 3.8) is 0 Å². The standard InChI is InChI=1S/C16H19F5N4O4/c1-13(2,3)29-12(26)23-7-14(8-23)4-9(5-14)24-6-10(25(27)28)11(22-24)15(17,18)16(19,20)21/h6,9H,4-5,7-8H2,1-3H3. The number of hydrogen-bond acceptors (Lipinski definition) is 5. The molecule has 1 aliphatic carbocycles. The van der Waals surface area contributed by atoms with Gasteiger partial charge in [0.2, 0.25) is 5.69 Å². The largest absolute Gasteiger partial charge is 0.460 e. The van der Waals surface area contributed by atoms with Crippen molar-refractivity contribution in [3.05, 3.63) is 22.0 Å². The van der Waals surface area contributed by atoms with Crippen LogP contribution in [0.1, 0.15) is 45.3 Å². The van der Waals surface area contributed by atoms with Crippen LogP contribution in [0.25, 0.3) is 0 Å². The molecule has 1 spiro atoms. The van der Waals surface area contributed by atoms with Crippen LogP contribution in [0.5, 0.6) is 0 Å². The maximum atomic E-state index is 13.6. The molecule has 162 valence electrons. The van der Waals surface area contributed by atoms with Crippen LogP contribution in [0.2, 0.25) is 0 Å².